The van der Waals surface area contributed by atoms with Crippen LogP contribution in [0.25, 0.3) is 21.1 Å². The number of hydrogen-bond donors (Lipinski definition) is 0. The fourth-order valence-electron chi connectivity index (χ4n) is 4.86. The number of nitrogens with zero attached hydrogens (tertiary/aromatic N) is 1. The first kappa shape index (κ1) is 23.8. The van der Waals surface area contributed by atoms with Gasteiger partial charge in [0.1, 0.15) is 0 Å². The molecule has 0 radical (unpaired) electrons. The molecule has 1 heterocycles. The van der Waals surface area contributed by atoms with Crippen molar-refractivity contribution in [3.05, 3.63) is 69.9 Å². The molecule has 5 rings (SSSR count). The van der Waals surface area contributed by atoms with E-state index in [0.29, 0.717) is 33.9 Å². The third-order valence-electron chi connectivity index (χ3n) is 6.78. The standard InChI is InChI=1S/C27H27NO5S2/c1-17(2)18-12-14-20(15-13-18)35(31,32)28(26(29)19-8-4-3-5-9-19)23-16-24-25(33-27(30)34-24)22-11-7-6-10-21(22)23/h6-7,10-17,19H,3-5,8-9H2,1-2H3. The molecule has 6 nitrogen and oxygen atoms in total. The normalized spacial score (nSPS) is 15.2. The number of carbonyl (C=O) groups excluding carboxylic acids is 1. The number of sulfonamides is 1. The summed E-state index contributed by atoms with van der Waals surface area (Å²) in [5.41, 5.74) is 1.68. The van der Waals surface area contributed by atoms with Crippen molar-refractivity contribution in [3.63, 3.8) is 0 Å². The van der Waals surface area contributed by atoms with Crippen LogP contribution in [0.5, 0.6) is 0 Å². The predicted octanol–water partition coefficient (Wildman–Crippen LogP) is 6.43. The van der Waals surface area contributed by atoms with Crippen LogP contribution < -0.4 is 9.24 Å². The van der Waals surface area contributed by atoms with Gasteiger partial charge in [0.15, 0.2) is 5.58 Å². The molecular formula is C27H27NO5S2. The Morgan fingerprint density at radius 1 is 1.00 bits per heavy atom. The van der Waals surface area contributed by atoms with Crippen LogP contribution in [0.4, 0.5) is 5.69 Å². The summed E-state index contributed by atoms with van der Waals surface area (Å²) < 4.78 is 35.1. The number of anilines is 1. The van der Waals surface area contributed by atoms with Crippen LogP contribution in [0.15, 0.2) is 68.7 Å². The molecule has 0 unspecified atom stereocenters. The molecule has 0 atom stereocenters. The first-order valence-electron chi connectivity index (χ1n) is 11.9. The number of carbonyl (C=O) groups is 1. The average Bonchev–Trinajstić information content (AvgIpc) is 3.25. The van der Waals surface area contributed by atoms with Gasteiger partial charge in [-0.25, -0.2) is 17.5 Å². The summed E-state index contributed by atoms with van der Waals surface area (Å²) in [4.78, 5) is 25.6. The van der Waals surface area contributed by atoms with E-state index in [1.807, 2.05) is 13.8 Å². The molecule has 1 aromatic heterocycles. The highest BCUT2D eigenvalue weighted by Crippen LogP contribution is 2.39. The quantitative estimate of drug-likeness (QED) is 0.309. The highest BCUT2D eigenvalue weighted by Gasteiger charge is 2.37. The molecule has 0 spiro atoms. The lowest BCUT2D eigenvalue weighted by Gasteiger charge is -2.29. The zero-order valence-corrected chi connectivity index (χ0v) is 21.3. The van der Waals surface area contributed by atoms with Crippen LogP contribution in [0.1, 0.15) is 57.4 Å². The minimum atomic E-state index is -4.22. The Kier molecular flexibility index (Phi) is 6.27. The summed E-state index contributed by atoms with van der Waals surface area (Å²) in [6.07, 6.45) is 4.17. The zero-order valence-electron chi connectivity index (χ0n) is 19.7. The fraction of sp³-hybridized carbons (Fsp3) is 0.333. The van der Waals surface area contributed by atoms with E-state index in [9.17, 15) is 18.0 Å². The number of rotatable bonds is 5. The molecule has 3 aromatic carbocycles. The Bertz CT molecular complexity index is 1560. The SMILES string of the molecule is CC(C)c1ccc(S(=O)(=O)N(C(=O)C2CCCCC2)c2cc3sc(=O)oc3c3ccccc23)cc1. The second kappa shape index (κ2) is 9.24. The summed E-state index contributed by atoms with van der Waals surface area (Å²) in [7, 11) is -4.22. The smallest absolute Gasteiger partial charge is 0.396 e. The van der Waals surface area contributed by atoms with E-state index in [2.05, 4.69) is 0 Å². The van der Waals surface area contributed by atoms with Crippen molar-refractivity contribution in [2.24, 2.45) is 5.92 Å². The van der Waals surface area contributed by atoms with Gasteiger partial charge in [0.25, 0.3) is 10.0 Å². The van der Waals surface area contributed by atoms with E-state index in [-0.39, 0.29) is 22.4 Å². The molecule has 1 saturated carbocycles. The van der Waals surface area contributed by atoms with Crippen molar-refractivity contribution in [2.75, 3.05) is 4.31 Å². The van der Waals surface area contributed by atoms with E-state index in [1.54, 1.807) is 54.6 Å². The van der Waals surface area contributed by atoms with E-state index in [0.717, 1.165) is 40.5 Å². The van der Waals surface area contributed by atoms with Gasteiger partial charge in [0, 0.05) is 16.7 Å². The van der Waals surface area contributed by atoms with Crippen LogP contribution in [0.3, 0.4) is 0 Å². The predicted molar refractivity (Wildman–Crippen MR) is 140 cm³/mol. The lowest BCUT2D eigenvalue weighted by Crippen LogP contribution is -2.41. The molecule has 0 saturated heterocycles. The van der Waals surface area contributed by atoms with Gasteiger partial charge >= 0.3 is 4.94 Å². The summed E-state index contributed by atoms with van der Waals surface area (Å²) in [5.74, 6) is -0.536. The van der Waals surface area contributed by atoms with Crippen molar-refractivity contribution in [1.29, 1.82) is 0 Å². The maximum Gasteiger partial charge on any atom is 0.396 e. The second-order valence-electron chi connectivity index (χ2n) is 9.39. The minimum Gasteiger partial charge on any atom is -0.413 e. The molecule has 0 aliphatic heterocycles. The molecule has 0 N–H and O–H groups in total. The van der Waals surface area contributed by atoms with Crippen molar-refractivity contribution in [2.45, 2.75) is 56.8 Å². The van der Waals surface area contributed by atoms with Crippen molar-refractivity contribution >= 4 is 54.0 Å². The zero-order chi connectivity index (χ0) is 24.7. The molecule has 1 aliphatic rings. The Balaban J connectivity index is 1.75. The molecule has 1 amide bonds. The fourth-order valence-corrected chi connectivity index (χ4v) is 7.07. The summed E-state index contributed by atoms with van der Waals surface area (Å²) in [5, 5.41) is 1.15. The minimum absolute atomic E-state index is 0.0654. The van der Waals surface area contributed by atoms with E-state index >= 15 is 0 Å². The first-order valence-corrected chi connectivity index (χ1v) is 14.2. The number of amides is 1. The van der Waals surface area contributed by atoms with Crippen molar-refractivity contribution < 1.29 is 17.6 Å². The molecular weight excluding hydrogens is 482 g/mol. The van der Waals surface area contributed by atoms with Crippen LogP contribution in [0, 0.1) is 5.92 Å². The largest absolute Gasteiger partial charge is 0.413 e. The Hall–Kier alpha value is -2.97. The Morgan fingerprint density at radius 2 is 1.66 bits per heavy atom. The molecule has 1 fully saturated rings. The number of fused-ring (bicyclic) bond motifs is 3. The van der Waals surface area contributed by atoms with Gasteiger partial charge in [-0.3, -0.25) is 4.79 Å². The van der Waals surface area contributed by atoms with Crippen molar-refractivity contribution in [1.82, 2.24) is 0 Å². The van der Waals surface area contributed by atoms with Crippen LogP contribution in [-0.2, 0) is 14.8 Å². The molecule has 35 heavy (non-hydrogen) atoms. The lowest BCUT2D eigenvalue weighted by molar-refractivity contribution is -0.122. The maximum absolute atomic E-state index is 14.1. The molecule has 8 heteroatoms. The lowest BCUT2D eigenvalue weighted by atomic mass is 9.88. The number of benzene rings is 3. The number of hydrogen-bond acceptors (Lipinski definition) is 6. The van der Waals surface area contributed by atoms with Crippen LogP contribution in [0.2, 0.25) is 0 Å². The van der Waals surface area contributed by atoms with Crippen molar-refractivity contribution in [3.8, 4) is 0 Å². The van der Waals surface area contributed by atoms with E-state index < -0.39 is 20.9 Å². The highest BCUT2D eigenvalue weighted by atomic mass is 32.2. The summed E-state index contributed by atoms with van der Waals surface area (Å²) in [6, 6.07) is 15.5. The third kappa shape index (κ3) is 4.29. The topological polar surface area (TPSA) is 84.7 Å². The van der Waals surface area contributed by atoms with Gasteiger partial charge in [-0.05, 0) is 42.5 Å². The van der Waals surface area contributed by atoms with Gasteiger partial charge in [-0.1, -0.05) is 80.8 Å². The molecule has 0 bridgehead atoms. The maximum atomic E-state index is 14.1. The van der Waals surface area contributed by atoms with Gasteiger partial charge in [-0.15, -0.1) is 0 Å². The van der Waals surface area contributed by atoms with Gasteiger partial charge in [-0.2, -0.15) is 0 Å². The van der Waals surface area contributed by atoms with Gasteiger partial charge in [0.2, 0.25) is 5.91 Å². The summed E-state index contributed by atoms with van der Waals surface area (Å²) in [6.45, 7) is 4.08. The van der Waals surface area contributed by atoms with Gasteiger partial charge < -0.3 is 4.42 Å². The summed E-state index contributed by atoms with van der Waals surface area (Å²) >= 11 is 0.902. The van der Waals surface area contributed by atoms with Crippen LogP contribution in [-0.4, -0.2) is 14.3 Å². The Labute approximate surface area is 208 Å². The van der Waals surface area contributed by atoms with E-state index in [1.165, 1.54) is 0 Å². The third-order valence-corrected chi connectivity index (χ3v) is 9.27. The van der Waals surface area contributed by atoms with Crippen LogP contribution >= 0.6 is 11.3 Å². The molecule has 4 aromatic rings. The Morgan fingerprint density at radius 3 is 2.31 bits per heavy atom. The van der Waals surface area contributed by atoms with Gasteiger partial charge in [0.05, 0.1) is 15.3 Å². The highest BCUT2D eigenvalue weighted by molar-refractivity contribution is 7.93. The monoisotopic (exact) mass is 509 g/mol. The van der Waals surface area contributed by atoms with E-state index in [4.69, 9.17) is 4.42 Å². The second-order valence-corrected chi connectivity index (χ2v) is 12.2. The molecule has 1 aliphatic carbocycles. The molecule has 182 valence electrons. The first-order chi connectivity index (χ1) is 16.8. The average molecular weight is 510 g/mol.